The van der Waals surface area contributed by atoms with Gasteiger partial charge in [0.1, 0.15) is 19.3 Å². The molecule has 18 heteroatoms. The summed E-state index contributed by atoms with van der Waals surface area (Å²) in [6.45, 7) is 10.7. The van der Waals surface area contributed by atoms with Crippen LogP contribution in [-0.2, 0) is 57.3 Å². The number of nitrogens with one attached hydrogen (secondary N) is 3. The second-order valence-corrected chi connectivity index (χ2v) is 12.7. The summed E-state index contributed by atoms with van der Waals surface area (Å²) in [6, 6.07) is -1.29. The zero-order valence-corrected chi connectivity index (χ0v) is 29.3. The zero-order chi connectivity index (χ0) is 37.7. The van der Waals surface area contributed by atoms with Crippen LogP contribution < -0.4 is 16.0 Å². The molecule has 1 atom stereocenters. The molecule has 284 valence electrons. The van der Waals surface area contributed by atoms with E-state index in [4.69, 9.17) is 23.8 Å². The van der Waals surface area contributed by atoms with E-state index in [2.05, 4.69) is 22.5 Å². The molecule has 1 unspecified atom stereocenters. The Labute approximate surface area is 291 Å². The molecule has 1 saturated heterocycles. The van der Waals surface area contributed by atoms with Crippen LogP contribution in [0.2, 0.25) is 0 Å². The smallest absolute Gasteiger partial charge is 0.358 e. The van der Waals surface area contributed by atoms with E-state index >= 15 is 0 Å². The summed E-state index contributed by atoms with van der Waals surface area (Å²) in [5, 5.41) is 27.3. The molecule has 1 rings (SSSR count). The molecule has 1 fully saturated rings. The first-order valence-electron chi connectivity index (χ1n) is 16.3. The highest BCUT2D eigenvalue weighted by atomic mass is 16.7. The number of rotatable bonds is 27. The molecule has 1 aliphatic heterocycles. The predicted molar refractivity (Wildman–Crippen MR) is 174 cm³/mol. The van der Waals surface area contributed by atoms with E-state index in [1.54, 1.807) is 27.7 Å². The van der Waals surface area contributed by atoms with Crippen LogP contribution in [0.4, 0.5) is 0 Å². The van der Waals surface area contributed by atoms with Crippen LogP contribution in [0, 0.1) is 10.8 Å². The van der Waals surface area contributed by atoms with E-state index in [1.165, 1.54) is 0 Å². The largest absolute Gasteiger partial charge is 0.481 e. The Morgan fingerprint density at radius 2 is 1.32 bits per heavy atom. The fraction of sp³-hybridized carbons (Fsp3) is 0.719. The van der Waals surface area contributed by atoms with E-state index in [0.717, 1.165) is 5.06 Å². The van der Waals surface area contributed by atoms with Gasteiger partial charge in [0, 0.05) is 31.3 Å². The average Bonchev–Trinajstić information content (AvgIpc) is 3.36. The molecule has 18 nitrogen and oxygen atoms in total. The molecule has 0 bridgehead atoms. The van der Waals surface area contributed by atoms with E-state index in [-0.39, 0.29) is 110 Å². The molecule has 0 aromatic carbocycles. The van der Waals surface area contributed by atoms with Crippen LogP contribution in [0.15, 0.2) is 12.3 Å². The number of amides is 4. The highest BCUT2D eigenvalue weighted by Crippen LogP contribution is 2.31. The summed E-state index contributed by atoms with van der Waals surface area (Å²) in [7, 11) is 0. The van der Waals surface area contributed by atoms with Crippen molar-refractivity contribution in [2.45, 2.75) is 72.3 Å². The van der Waals surface area contributed by atoms with Crippen molar-refractivity contribution in [2.24, 2.45) is 10.8 Å². The van der Waals surface area contributed by atoms with Gasteiger partial charge < -0.3 is 49.9 Å². The number of nitrogens with zero attached hydrogens (tertiary/aromatic N) is 1. The third-order valence-electron chi connectivity index (χ3n) is 7.50. The van der Waals surface area contributed by atoms with Gasteiger partial charge in [0.2, 0.25) is 17.7 Å². The Kier molecular flexibility index (Phi) is 19.8. The van der Waals surface area contributed by atoms with Crippen molar-refractivity contribution >= 4 is 41.5 Å². The summed E-state index contributed by atoms with van der Waals surface area (Å²) >= 11 is 0. The highest BCUT2D eigenvalue weighted by Gasteiger charge is 2.35. The van der Waals surface area contributed by atoms with Crippen molar-refractivity contribution in [1.29, 1.82) is 0 Å². The maximum atomic E-state index is 12.7. The first-order valence-corrected chi connectivity index (χ1v) is 16.3. The number of carbonyl (C=O) groups is 7. The molecule has 5 N–H and O–H groups in total. The summed E-state index contributed by atoms with van der Waals surface area (Å²) in [4.78, 5) is 87.9. The second-order valence-electron chi connectivity index (χ2n) is 12.7. The number of aliphatic carboxylic acids is 2. The Hall–Kier alpha value is -4.13. The molecular weight excluding hydrogens is 664 g/mol. The number of allylic oxidation sites excluding steroid dienone is 1. The summed E-state index contributed by atoms with van der Waals surface area (Å²) in [5.74, 6) is -4.68. The minimum Gasteiger partial charge on any atom is -0.481 e. The number of carboxylic acid groups (broad SMARTS) is 2. The van der Waals surface area contributed by atoms with Gasteiger partial charge in [-0.2, -0.15) is 0 Å². The number of hydrogen-bond donors (Lipinski definition) is 5. The number of carbonyl (C=O) groups excluding carboxylic acids is 5. The normalized spacial score (nSPS) is 13.9. The van der Waals surface area contributed by atoms with Gasteiger partial charge in [0.15, 0.2) is 0 Å². The molecule has 0 aromatic rings. The van der Waals surface area contributed by atoms with Gasteiger partial charge in [-0.25, -0.2) is 9.59 Å². The lowest BCUT2D eigenvalue weighted by molar-refractivity contribution is -0.190. The minimum atomic E-state index is -1.29. The average molecular weight is 717 g/mol. The van der Waals surface area contributed by atoms with Crippen molar-refractivity contribution in [2.75, 3.05) is 65.9 Å². The van der Waals surface area contributed by atoms with Crippen LogP contribution in [-0.4, -0.2) is 129 Å². The Bertz CT molecular complexity index is 1170. The fourth-order valence-corrected chi connectivity index (χ4v) is 4.03. The van der Waals surface area contributed by atoms with E-state index < -0.39 is 46.6 Å². The first kappa shape index (κ1) is 43.9. The number of ether oxygens (including phenoxy) is 4. The molecule has 1 heterocycles. The van der Waals surface area contributed by atoms with Crippen molar-refractivity contribution < 1.29 is 67.6 Å². The van der Waals surface area contributed by atoms with Crippen molar-refractivity contribution in [3.05, 3.63) is 12.3 Å². The molecule has 50 heavy (non-hydrogen) atoms. The molecule has 4 amide bonds. The number of carboxylic acids is 2. The topological polar surface area (TPSA) is 245 Å². The first-order chi connectivity index (χ1) is 23.5. The van der Waals surface area contributed by atoms with E-state index in [0.29, 0.717) is 12.1 Å². The summed E-state index contributed by atoms with van der Waals surface area (Å²) in [5.41, 5.74) is -1.64. The molecule has 0 radical (unpaired) electrons. The van der Waals surface area contributed by atoms with Gasteiger partial charge in [-0.15, -0.1) is 5.06 Å². The lowest BCUT2D eigenvalue weighted by Gasteiger charge is -2.29. The molecule has 0 saturated carbocycles. The van der Waals surface area contributed by atoms with E-state index in [9.17, 15) is 43.8 Å². The van der Waals surface area contributed by atoms with Crippen LogP contribution in [0.25, 0.3) is 0 Å². The Morgan fingerprint density at radius 1 is 0.780 bits per heavy atom. The zero-order valence-electron chi connectivity index (χ0n) is 29.3. The lowest BCUT2D eigenvalue weighted by Crippen LogP contribution is -2.47. The van der Waals surface area contributed by atoms with Crippen LogP contribution in [0.1, 0.15) is 66.2 Å². The van der Waals surface area contributed by atoms with Crippen molar-refractivity contribution in [3.63, 3.8) is 0 Å². The second kappa shape index (κ2) is 22.6. The van der Waals surface area contributed by atoms with Gasteiger partial charge in [0.25, 0.3) is 5.91 Å². The van der Waals surface area contributed by atoms with Crippen LogP contribution >= 0.6 is 0 Å². The van der Waals surface area contributed by atoms with Gasteiger partial charge in [-0.05, 0) is 39.5 Å². The monoisotopic (exact) mass is 716 g/mol. The Morgan fingerprint density at radius 3 is 1.86 bits per heavy atom. The lowest BCUT2D eigenvalue weighted by atomic mass is 9.78. The third kappa shape index (κ3) is 18.0. The predicted octanol–water partition coefficient (Wildman–Crippen LogP) is 0.146. The molecule has 0 aliphatic carbocycles. The third-order valence-corrected chi connectivity index (χ3v) is 7.50. The van der Waals surface area contributed by atoms with Gasteiger partial charge in [-0.3, -0.25) is 24.0 Å². The molecule has 0 spiro atoms. The fourth-order valence-electron chi connectivity index (χ4n) is 4.03. The Balaban J connectivity index is 2.05. The SMILES string of the molecule is C=C1CCC(=O)N1OC(=O)COCCOCCNC(=O)COCCOCCNC(=O)CCC(NC(=O)C(C)(C)CCC(C)(C)C(=O)O)C(=O)O. The van der Waals surface area contributed by atoms with Crippen molar-refractivity contribution in [1.82, 2.24) is 21.0 Å². The maximum absolute atomic E-state index is 12.7. The van der Waals surface area contributed by atoms with Gasteiger partial charge in [-0.1, -0.05) is 20.4 Å². The highest BCUT2D eigenvalue weighted by molar-refractivity contribution is 5.87. The summed E-state index contributed by atoms with van der Waals surface area (Å²) in [6.07, 6.45) is 0.836. The minimum absolute atomic E-state index is 0.104. The molecule has 0 aromatic heterocycles. The van der Waals surface area contributed by atoms with Gasteiger partial charge in [0.05, 0.1) is 50.8 Å². The number of hydroxylamine groups is 2. The summed E-state index contributed by atoms with van der Waals surface area (Å²) < 4.78 is 21.0. The van der Waals surface area contributed by atoms with Crippen LogP contribution in [0.3, 0.4) is 0 Å². The van der Waals surface area contributed by atoms with Gasteiger partial charge >= 0.3 is 17.9 Å². The van der Waals surface area contributed by atoms with Crippen LogP contribution in [0.5, 0.6) is 0 Å². The molecule has 1 aliphatic rings. The van der Waals surface area contributed by atoms with E-state index in [1.807, 2.05) is 0 Å². The van der Waals surface area contributed by atoms with Crippen molar-refractivity contribution in [3.8, 4) is 0 Å². The molecular formula is C32H52N4O14. The maximum Gasteiger partial charge on any atom is 0.358 e. The quantitative estimate of drug-likeness (QED) is 0.0711. The standard InChI is InChI=1S/C32H52N4O14/c1-22-6-9-26(39)36(22)50-27(40)21-49-19-17-47-15-13-34-25(38)20-48-18-16-46-14-12-33-24(37)8-7-23(28(41)42)35-29(43)31(2,3)10-11-32(4,5)30(44)45/h23H,1,6-21H2,2-5H3,(H,33,37)(H,34,38)(H,35,43)(H,41,42)(H,44,45). The number of hydrogen-bond acceptors (Lipinski definition) is 12.